The second-order valence-corrected chi connectivity index (χ2v) is 3.76. The van der Waals surface area contributed by atoms with Crippen LogP contribution in [0, 0.1) is 5.92 Å². The molecule has 0 aromatic rings. The molecule has 11 heavy (non-hydrogen) atoms. The van der Waals surface area contributed by atoms with E-state index in [2.05, 4.69) is 13.8 Å². The summed E-state index contributed by atoms with van der Waals surface area (Å²) >= 11 is 0. The van der Waals surface area contributed by atoms with Crippen molar-refractivity contribution < 1.29 is 9.90 Å². The van der Waals surface area contributed by atoms with Crippen molar-refractivity contribution in [2.75, 3.05) is 0 Å². The van der Waals surface area contributed by atoms with Crippen molar-refractivity contribution in [1.29, 1.82) is 0 Å². The number of hydrogen-bond donors (Lipinski definition) is 1. The molecule has 0 heterocycles. The number of rotatable bonds is 4. The quantitative estimate of drug-likeness (QED) is 0.677. The second kappa shape index (κ2) is 3.86. The summed E-state index contributed by atoms with van der Waals surface area (Å²) in [6, 6.07) is 0. The molecule has 1 atom stereocenters. The van der Waals surface area contributed by atoms with E-state index in [4.69, 9.17) is 0 Å². The normalized spacial score (nSPS) is 16.5. The van der Waals surface area contributed by atoms with Crippen LogP contribution in [0.2, 0.25) is 0 Å². The third-order valence-corrected chi connectivity index (χ3v) is 1.97. The third-order valence-electron chi connectivity index (χ3n) is 1.97. The van der Waals surface area contributed by atoms with E-state index in [0.717, 1.165) is 6.42 Å². The lowest BCUT2D eigenvalue weighted by Gasteiger charge is -2.20. The van der Waals surface area contributed by atoms with Crippen molar-refractivity contribution in [3.63, 3.8) is 0 Å². The molecule has 0 bridgehead atoms. The smallest absolute Gasteiger partial charge is 0.160 e. The maximum absolute atomic E-state index is 10.8. The maximum Gasteiger partial charge on any atom is 0.160 e. The first-order chi connectivity index (χ1) is 4.86. The minimum Gasteiger partial charge on any atom is -0.382 e. The molecule has 0 radical (unpaired) electrons. The van der Waals surface area contributed by atoms with Crippen LogP contribution in [0.4, 0.5) is 0 Å². The summed E-state index contributed by atoms with van der Waals surface area (Å²) in [6.07, 6.45) is 1.46. The van der Waals surface area contributed by atoms with Crippen LogP contribution in [0.3, 0.4) is 0 Å². The van der Waals surface area contributed by atoms with E-state index in [1.807, 2.05) is 0 Å². The molecule has 0 aliphatic rings. The lowest BCUT2D eigenvalue weighted by atomic mass is 9.92. The molecule has 0 rings (SSSR count). The number of Topliss-reactive ketones (excluding diaryl/α,β-unsaturated/α-hetero) is 1. The Labute approximate surface area is 68.6 Å². The van der Waals surface area contributed by atoms with Gasteiger partial charge in [0.1, 0.15) is 5.60 Å². The molecule has 0 aliphatic heterocycles. The molecule has 0 saturated heterocycles. The van der Waals surface area contributed by atoms with Crippen molar-refractivity contribution in [1.82, 2.24) is 0 Å². The summed E-state index contributed by atoms with van der Waals surface area (Å²) in [5, 5.41) is 9.49. The molecular weight excluding hydrogens is 140 g/mol. The van der Waals surface area contributed by atoms with E-state index in [1.165, 1.54) is 6.92 Å². The Morgan fingerprint density at radius 2 is 2.00 bits per heavy atom. The van der Waals surface area contributed by atoms with E-state index in [0.29, 0.717) is 12.3 Å². The van der Waals surface area contributed by atoms with Gasteiger partial charge in [0.05, 0.1) is 0 Å². The van der Waals surface area contributed by atoms with Gasteiger partial charge in [0.15, 0.2) is 5.78 Å². The Morgan fingerprint density at radius 1 is 1.55 bits per heavy atom. The minimum atomic E-state index is -1.11. The fourth-order valence-corrected chi connectivity index (χ4v) is 0.746. The highest BCUT2D eigenvalue weighted by Crippen LogP contribution is 2.16. The summed E-state index contributed by atoms with van der Waals surface area (Å²) < 4.78 is 0. The number of aliphatic hydroxyl groups is 1. The SMILES string of the molecule is CC(=O)C(C)(O)CCC(C)C. The summed E-state index contributed by atoms with van der Waals surface area (Å²) in [4.78, 5) is 10.8. The van der Waals surface area contributed by atoms with Gasteiger partial charge in [0.25, 0.3) is 0 Å². The minimum absolute atomic E-state index is 0.141. The fraction of sp³-hybridized carbons (Fsp3) is 0.889. The highest BCUT2D eigenvalue weighted by molar-refractivity contribution is 5.84. The van der Waals surface area contributed by atoms with Gasteiger partial charge in [-0.25, -0.2) is 0 Å². The highest BCUT2D eigenvalue weighted by Gasteiger charge is 2.25. The van der Waals surface area contributed by atoms with Crippen LogP contribution in [0.25, 0.3) is 0 Å². The lowest BCUT2D eigenvalue weighted by molar-refractivity contribution is -0.134. The molecule has 66 valence electrons. The highest BCUT2D eigenvalue weighted by atomic mass is 16.3. The van der Waals surface area contributed by atoms with Gasteiger partial charge in [-0.3, -0.25) is 4.79 Å². The Hall–Kier alpha value is -0.370. The van der Waals surface area contributed by atoms with Crippen molar-refractivity contribution >= 4 is 5.78 Å². The van der Waals surface area contributed by atoms with Gasteiger partial charge in [0, 0.05) is 0 Å². The van der Waals surface area contributed by atoms with E-state index in [9.17, 15) is 9.90 Å². The van der Waals surface area contributed by atoms with Gasteiger partial charge >= 0.3 is 0 Å². The van der Waals surface area contributed by atoms with Crippen LogP contribution < -0.4 is 0 Å². The molecule has 1 N–H and O–H groups in total. The molecule has 0 aromatic carbocycles. The molecule has 0 spiro atoms. The van der Waals surface area contributed by atoms with E-state index < -0.39 is 5.60 Å². The van der Waals surface area contributed by atoms with Gasteiger partial charge in [-0.15, -0.1) is 0 Å². The Kier molecular flexibility index (Phi) is 3.73. The Morgan fingerprint density at radius 3 is 2.27 bits per heavy atom. The van der Waals surface area contributed by atoms with E-state index in [1.54, 1.807) is 6.92 Å². The molecule has 1 unspecified atom stereocenters. The van der Waals surface area contributed by atoms with Crippen molar-refractivity contribution in [3.8, 4) is 0 Å². The largest absolute Gasteiger partial charge is 0.382 e. The number of hydrogen-bond acceptors (Lipinski definition) is 2. The number of carbonyl (C=O) groups is 1. The predicted molar refractivity (Wildman–Crippen MR) is 45.4 cm³/mol. The zero-order valence-corrected chi connectivity index (χ0v) is 7.85. The summed E-state index contributed by atoms with van der Waals surface area (Å²) in [5.41, 5.74) is -1.11. The molecule has 2 nitrogen and oxygen atoms in total. The van der Waals surface area contributed by atoms with Gasteiger partial charge in [-0.05, 0) is 32.6 Å². The topological polar surface area (TPSA) is 37.3 Å². The van der Waals surface area contributed by atoms with Crippen LogP contribution in [0.1, 0.15) is 40.5 Å². The van der Waals surface area contributed by atoms with Crippen LogP contribution in [-0.4, -0.2) is 16.5 Å². The maximum atomic E-state index is 10.8. The number of carbonyl (C=O) groups excluding carboxylic acids is 1. The molecule has 0 amide bonds. The average molecular weight is 158 g/mol. The van der Waals surface area contributed by atoms with Crippen molar-refractivity contribution in [2.24, 2.45) is 5.92 Å². The monoisotopic (exact) mass is 158 g/mol. The lowest BCUT2D eigenvalue weighted by Crippen LogP contribution is -2.33. The Balaban J connectivity index is 3.83. The molecule has 0 fully saturated rings. The van der Waals surface area contributed by atoms with Gasteiger partial charge in [0.2, 0.25) is 0 Å². The van der Waals surface area contributed by atoms with E-state index in [-0.39, 0.29) is 5.78 Å². The van der Waals surface area contributed by atoms with Crippen LogP contribution >= 0.6 is 0 Å². The van der Waals surface area contributed by atoms with Crippen LogP contribution in [0.15, 0.2) is 0 Å². The van der Waals surface area contributed by atoms with Crippen molar-refractivity contribution in [2.45, 2.75) is 46.1 Å². The average Bonchev–Trinajstić information content (AvgIpc) is 1.84. The standard InChI is InChI=1S/C9H18O2/c1-7(2)5-6-9(4,11)8(3)10/h7,11H,5-6H2,1-4H3. The molecule has 0 aliphatic carbocycles. The summed E-state index contributed by atoms with van der Waals surface area (Å²) in [7, 11) is 0. The summed E-state index contributed by atoms with van der Waals surface area (Å²) in [5.74, 6) is 0.402. The first-order valence-corrected chi connectivity index (χ1v) is 4.09. The molecular formula is C9H18O2. The Bertz CT molecular complexity index is 136. The predicted octanol–water partition coefficient (Wildman–Crippen LogP) is 1.76. The second-order valence-electron chi connectivity index (χ2n) is 3.76. The molecule has 0 saturated carbocycles. The summed E-state index contributed by atoms with van der Waals surface area (Å²) in [6.45, 7) is 7.17. The zero-order valence-electron chi connectivity index (χ0n) is 7.85. The van der Waals surface area contributed by atoms with Gasteiger partial charge < -0.3 is 5.11 Å². The molecule has 2 heteroatoms. The first-order valence-electron chi connectivity index (χ1n) is 4.09. The van der Waals surface area contributed by atoms with Gasteiger partial charge in [-0.2, -0.15) is 0 Å². The first kappa shape index (κ1) is 10.6. The van der Waals surface area contributed by atoms with Crippen LogP contribution in [0.5, 0.6) is 0 Å². The van der Waals surface area contributed by atoms with E-state index >= 15 is 0 Å². The fourth-order valence-electron chi connectivity index (χ4n) is 0.746. The van der Waals surface area contributed by atoms with Gasteiger partial charge in [-0.1, -0.05) is 13.8 Å². The zero-order chi connectivity index (χ0) is 9.07. The van der Waals surface area contributed by atoms with Crippen molar-refractivity contribution in [3.05, 3.63) is 0 Å². The molecule has 0 aromatic heterocycles. The number of ketones is 1. The van der Waals surface area contributed by atoms with Crippen LogP contribution in [-0.2, 0) is 4.79 Å². The third kappa shape index (κ3) is 4.14.